The molecule has 31 heavy (non-hydrogen) atoms. The summed E-state index contributed by atoms with van der Waals surface area (Å²) in [6.45, 7) is 2.75. The Labute approximate surface area is 182 Å². The van der Waals surface area contributed by atoms with Crippen molar-refractivity contribution in [3.8, 4) is 0 Å². The summed E-state index contributed by atoms with van der Waals surface area (Å²) in [6, 6.07) is 15.5. The molecule has 0 aliphatic carbocycles. The summed E-state index contributed by atoms with van der Waals surface area (Å²) in [5.74, 6) is -1.01. The number of carbonyl (C=O) groups excluding carboxylic acids is 2. The third-order valence-corrected chi connectivity index (χ3v) is 6.74. The minimum absolute atomic E-state index is 0.0831. The van der Waals surface area contributed by atoms with Crippen LogP contribution in [0, 0.1) is 0 Å². The first-order valence-corrected chi connectivity index (χ1v) is 11.5. The molecule has 1 amide bonds. The Morgan fingerprint density at radius 2 is 1.81 bits per heavy atom. The van der Waals surface area contributed by atoms with Crippen LogP contribution in [0.15, 0.2) is 59.5 Å². The number of morpholine rings is 1. The van der Waals surface area contributed by atoms with E-state index >= 15 is 0 Å². The van der Waals surface area contributed by atoms with Crippen molar-refractivity contribution in [3.05, 3.63) is 60.2 Å². The van der Waals surface area contributed by atoms with Crippen molar-refractivity contribution in [2.45, 2.75) is 30.8 Å². The molecule has 8 nitrogen and oxygen atoms in total. The van der Waals surface area contributed by atoms with Crippen molar-refractivity contribution >= 4 is 27.6 Å². The van der Waals surface area contributed by atoms with E-state index in [0.29, 0.717) is 25.3 Å². The van der Waals surface area contributed by atoms with Gasteiger partial charge in [-0.15, -0.1) is 0 Å². The van der Waals surface area contributed by atoms with Crippen molar-refractivity contribution in [2.24, 2.45) is 0 Å². The minimum atomic E-state index is -3.68. The van der Waals surface area contributed by atoms with Crippen LogP contribution in [0.5, 0.6) is 0 Å². The smallest absolute Gasteiger partial charge is 0.306 e. The molecule has 2 aromatic rings. The fraction of sp³-hybridized carbons (Fsp3) is 0.364. The molecule has 1 aliphatic heterocycles. The molecule has 0 radical (unpaired) electrons. The number of ether oxygens (including phenoxy) is 2. The number of aryl methyl sites for hydroxylation is 1. The molecule has 1 unspecified atom stereocenters. The fourth-order valence-corrected chi connectivity index (χ4v) is 4.57. The van der Waals surface area contributed by atoms with Crippen molar-refractivity contribution in [2.75, 3.05) is 31.6 Å². The lowest BCUT2D eigenvalue weighted by Gasteiger charge is -2.26. The lowest BCUT2D eigenvalue weighted by molar-refractivity contribution is -0.153. The second-order valence-corrected chi connectivity index (χ2v) is 9.09. The lowest BCUT2D eigenvalue weighted by Crippen LogP contribution is -2.40. The van der Waals surface area contributed by atoms with Crippen LogP contribution in [0.25, 0.3) is 0 Å². The molecule has 0 bridgehead atoms. The Kier molecular flexibility index (Phi) is 7.78. The Morgan fingerprint density at radius 1 is 1.10 bits per heavy atom. The van der Waals surface area contributed by atoms with Gasteiger partial charge in [-0.2, -0.15) is 4.31 Å². The highest BCUT2D eigenvalue weighted by Gasteiger charge is 2.27. The molecule has 1 saturated heterocycles. The van der Waals surface area contributed by atoms with Crippen LogP contribution in [0.2, 0.25) is 0 Å². The number of carbonyl (C=O) groups is 2. The molecule has 166 valence electrons. The van der Waals surface area contributed by atoms with E-state index in [9.17, 15) is 18.0 Å². The third kappa shape index (κ3) is 6.36. The fourth-order valence-electron chi connectivity index (χ4n) is 3.11. The normalized spacial score (nSPS) is 15.8. The van der Waals surface area contributed by atoms with Gasteiger partial charge in [-0.1, -0.05) is 36.4 Å². The molecule has 1 aliphatic rings. The highest BCUT2D eigenvalue weighted by molar-refractivity contribution is 7.89. The first kappa shape index (κ1) is 22.9. The van der Waals surface area contributed by atoms with Crippen LogP contribution in [0.1, 0.15) is 18.9 Å². The zero-order valence-corrected chi connectivity index (χ0v) is 18.1. The number of benzene rings is 2. The van der Waals surface area contributed by atoms with E-state index in [1.165, 1.54) is 23.4 Å². The SMILES string of the molecule is CC(OC(=O)CCc1ccccc1)C(=O)Nc1cccc(S(=O)(=O)N2CCOCC2)c1. The van der Waals surface area contributed by atoms with Gasteiger partial charge in [-0.25, -0.2) is 8.42 Å². The van der Waals surface area contributed by atoms with Gasteiger partial charge in [0, 0.05) is 25.2 Å². The molecular formula is C22H26N2O6S. The predicted octanol–water partition coefficient (Wildman–Crippen LogP) is 2.21. The van der Waals surface area contributed by atoms with Crippen molar-refractivity contribution in [1.82, 2.24) is 4.31 Å². The number of esters is 1. The summed E-state index contributed by atoms with van der Waals surface area (Å²) in [4.78, 5) is 24.6. The van der Waals surface area contributed by atoms with Gasteiger partial charge < -0.3 is 14.8 Å². The number of nitrogens with zero attached hydrogens (tertiary/aromatic N) is 1. The van der Waals surface area contributed by atoms with Crippen molar-refractivity contribution < 1.29 is 27.5 Å². The lowest BCUT2D eigenvalue weighted by atomic mass is 10.1. The molecule has 0 aromatic heterocycles. The van der Waals surface area contributed by atoms with E-state index < -0.39 is 28.0 Å². The number of hydrogen-bond acceptors (Lipinski definition) is 6. The van der Waals surface area contributed by atoms with E-state index in [-0.39, 0.29) is 24.4 Å². The van der Waals surface area contributed by atoms with Crippen LogP contribution in [-0.4, -0.2) is 57.0 Å². The molecule has 3 rings (SSSR count). The van der Waals surface area contributed by atoms with Crippen LogP contribution in [0.4, 0.5) is 5.69 Å². The Morgan fingerprint density at radius 3 is 2.52 bits per heavy atom. The number of hydrogen-bond donors (Lipinski definition) is 1. The topological polar surface area (TPSA) is 102 Å². The monoisotopic (exact) mass is 446 g/mol. The molecule has 2 aromatic carbocycles. The maximum Gasteiger partial charge on any atom is 0.306 e. The first-order valence-electron chi connectivity index (χ1n) is 10.1. The predicted molar refractivity (Wildman–Crippen MR) is 115 cm³/mol. The average Bonchev–Trinajstić information content (AvgIpc) is 2.79. The average molecular weight is 447 g/mol. The maximum atomic E-state index is 12.8. The molecule has 9 heteroatoms. The maximum absolute atomic E-state index is 12.8. The molecule has 1 fully saturated rings. The summed E-state index contributed by atoms with van der Waals surface area (Å²) in [5.41, 5.74) is 1.32. The van der Waals surface area contributed by atoms with Gasteiger partial charge in [0.05, 0.1) is 18.1 Å². The van der Waals surface area contributed by atoms with Crippen molar-refractivity contribution in [1.29, 1.82) is 0 Å². The Hall–Kier alpha value is -2.75. The molecule has 0 spiro atoms. The zero-order chi connectivity index (χ0) is 22.3. The molecule has 1 N–H and O–H groups in total. The van der Waals surface area contributed by atoms with E-state index in [1.807, 2.05) is 30.3 Å². The Balaban J connectivity index is 1.56. The van der Waals surface area contributed by atoms with Gasteiger partial charge in [0.2, 0.25) is 10.0 Å². The summed E-state index contributed by atoms with van der Waals surface area (Å²) >= 11 is 0. The van der Waals surface area contributed by atoms with Gasteiger partial charge in [-0.3, -0.25) is 9.59 Å². The molecule has 1 atom stereocenters. The number of anilines is 1. The Bertz CT molecular complexity index is 1000. The van der Waals surface area contributed by atoms with Gasteiger partial charge in [0.15, 0.2) is 6.10 Å². The number of sulfonamides is 1. The summed E-state index contributed by atoms with van der Waals surface area (Å²) < 4.78 is 37.3. The first-order chi connectivity index (χ1) is 14.9. The molecule has 1 heterocycles. The summed E-state index contributed by atoms with van der Waals surface area (Å²) in [5, 5.41) is 2.61. The molecular weight excluding hydrogens is 420 g/mol. The van der Waals surface area contributed by atoms with Gasteiger partial charge >= 0.3 is 5.97 Å². The highest BCUT2D eigenvalue weighted by atomic mass is 32.2. The number of rotatable bonds is 8. The second-order valence-electron chi connectivity index (χ2n) is 7.15. The van der Waals surface area contributed by atoms with Gasteiger partial charge in [0.1, 0.15) is 0 Å². The number of nitrogens with one attached hydrogen (secondary N) is 1. The van der Waals surface area contributed by atoms with E-state index in [1.54, 1.807) is 12.1 Å². The summed E-state index contributed by atoms with van der Waals surface area (Å²) in [6.07, 6.45) is -0.326. The number of amides is 1. The van der Waals surface area contributed by atoms with Crippen LogP contribution >= 0.6 is 0 Å². The van der Waals surface area contributed by atoms with E-state index in [0.717, 1.165) is 5.56 Å². The third-order valence-electron chi connectivity index (χ3n) is 4.85. The van der Waals surface area contributed by atoms with Crippen LogP contribution in [-0.2, 0) is 35.5 Å². The molecule has 0 saturated carbocycles. The van der Waals surface area contributed by atoms with Crippen molar-refractivity contribution in [3.63, 3.8) is 0 Å². The quantitative estimate of drug-likeness (QED) is 0.624. The van der Waals surface area contributed by atoms with Gasteiger partial charge in [0.25, 0.3) is 5.91 Å². The standard InChI is InChI=1S/C22H26N2O6S/c1-17(30-21(25)11-10-18-6-3-2-4-7-18)22(26)23-19-8-5-9-20(16-19)31(27,28)24-12-14-29-15-13-24/h2-9,16-17H,10-15H2,1H3,(H,23,26). The summed E-state index contributed by atoms with van der Waals surface area (Å²) in [7, 11) is -3.68. The second kappa shape index (κ2) is 10.5. The van der Waals surface area contributed by atoms with Crippen LogP contribution in [0.3, 0.4) is 0 Å². The van der Waals surface area contributed by atoms with Crippen LogP contribution < -0.4 is 5.32 Å². The van der Waals surface area contributed by atoms with Gasteiger partial charge in [-0.05, 0) is 37.1 Å². The highest BCUT2D eigenvalue weighted by Crippen LogP contribution is 2.21. The van der Waals surface area contributed by atoms with E-state index in [2.05, 4.69) is 5.32 Å². The largest absolute Gasteiger partial charge is 0.453 e. The minimum Gasteiger partial charge on any atom is -0.453 e. The zero-order valence-electron chi connectivity index (χ0n) is 17.3. The van der Waals surface area contributed by atoms with E-state index in [4.69, 9.17) is 9.47 Å².